The summed E-state index contributed by atoms with van der Waals surface area (Å²) in [5, 5.41) is 3.08. The molecule has 0 heterocycles. The first-order chi connectivity index (χ1) is 9.36. The molecule has 0 saturated heterocycles. The molecule has 0 aliphatic carbocycles. The second-order valence-corrected chi connectivity index (χ2v) is 6.37. The van der Waals surface area contributed by atoms with Crippen LogP contribution < -0.4 is 10.1 Å². The molecule has 1 atom stereocenters. The van der Waals surface area contributed by atoms with Gasteiger partial charge in [0.25, 0.3) is 0 Å². The van der Waals surface area contributed by atoms with Crippen LogP contribution >= 0.6 is 11.6 Å². The third kappa shape index (κ3) is 5.41. The highest BCUT2D eigenvalue weighted by molar-refractivity contribution is 6.17. The molecule has 0 bridgehead atoms. The minimum absolute atomic E-state index is 0.00106. The van der Waals surface area contributed by atoms with Gasteiger partial charge in [-0.2, -0.15) is 0 Å². The molecule has 0 spiro atoms. The maximum Gasteiger partial charge on any atom is 0.224 e. The van der Waals surface area contributed by atoms with Crippen molar-refractivity contribution in [1.29, 1.82) is 0 Å². The van der Waals surface area contributed by atoms with Crippen molar-refractivity contribution in [2.45, 2.75) is 39.7 Å². The molecule has 1 amide bonds. The van der Waals surface area contributed by atoms with Crippen molar-refractivity contribution in [2.75, 3.05) is 13.0 Å². The van der Waals surface area contributed by atoms with Gasteiger partial charge >= 0.3 is 0 Å². The molecule has 1 aromatic rings. The fraction of sp³-hybridized carbons (Fsp3) is 0.562. The Bertz CT molecular complexity index is 440. The van der Waals surface area contributed by atoms with E-state index >= 15 is 0 Å². The smallest absolute Gasteiger partial charge is 0.224 e. The van der Waals surface area contributed by atoms with Gasteiger partial charge in [0.05, 0.1) is 13.5 Å². The number of halogens is 1. The number of carbonyl (C=O) groups is 1. The highest BCUT2D eigenvalue weighted by atomic mass is 35.5. The van der Waals surface area contributed by atoms with E-state index in [4.69, 9.17) is 16.3 Å². The number of carbonyl (C=O) groups excluding carboxylic acids is 1. The van der Waals surface area contributed by atoms with Crippen LogP contribution in [0.25, 0.3) is 0 Å². The summed E-state index contributed by atoms with van der Waals surface area (Å²) in [4.78, 5) is 12.1. The summed E-state index contributed by atoms with van der Waals surface area (Å²) in [5.74, 6) is 1.33. The van der Waals surface area contributed by atoms with E-state index < -0.39 is 0 Å². The summed E-state index contributed by atoms with van der Waals surface area (Å²) in [6.07, 6.45) is 1.13. The molecule has 0 saturated carbocycles. The SMILES string of the molecule is COc1cccc(CC(=O)NC(CCCl)C(C)(C)C)c1. The number of alkyl halides is 1. The van der Waals surface area contributed by atoms with Crippen molar-refractivity contribution in [3.63, 3.8) is 0 Å². The van der Waals surface area contributed by atoms with E-state index in [1.54, 1.807) is 7.11 Å². The number of amides is 1. The first kappa shape index (κ1) is 16.8. The largest absolute Gasteiger partial charge is 0.497 e. The first-order valence-corrected chi connectivity index (χ1v) is 7.38. The Hall–Kier alpha value is -1.22. The molecule has 0 aliphatic rings. The maximum absolute atomic E-state index is 12.1. The number of hydrogen-bond donors (Lipinski definition) is 1. The lowest BCUT2D eigenvalue weighted by Crippen LogP contribution is -2.44. The Morgan fingerprint density at radius 3 is 2.65 bits per heavy atom. The van der Waals surface area contributed by atoms with Crippen LogP contribution in [-0.2, 0) is 11.2 Å². The standard InChI is InChI=1S/C16H24ClNO2/c1-16(2,3)14(8-9-17)18-15(19)11-12-6-5-7-13(10-12)20-4/h5-7,10,14H,8-9,11H2,1-4H3,(H,18,19). The topological polar surface area (TPSA) is 38.3 Å². The molecule has 1 unspecified atom stereocenters. The zero-order valence-electron chi connectivity index (χ0n) is 12.7. The lowest BCUT2D eigenvalue weighted by molar-refractivity contribution is -0.121. The Morgan fingerprint density at radius 2 is 2.10 bits per heavy atom. The molecule has 0 fully saturated rings. The van der Waals surface area contributed by atoms with Gasteiger partial charge in [0.1, 0.15) is 5.75 Å². The third-order valence-electron chi connectivity index (χ3n) is 3.28. The van der Waals surface area contributed by atoms with E-state index in [1.165, 1.54) is 0 Å². The summed E-state index contributed by atoms with van der Waals surface area (Å²) >= 11 is 5.82. The van der Waals surface area contributed by atoms with Gasteiger partial charge in [-0.25, -0.2) is 0 Å². The van der Waals surface area contributed by atoms with Crippen LogP contribution in [0.4, 0.5) is 0 Å². The molecule has 4 heteroatoms. The quantitative estimate of drug-likeness (QED) is 0.817. The maximum atomic E-state index is 12.1. The molecular weight excluding hydrogens is 274 g/mol. The second-order valence-electron chi connectivity index (χ2n) is 5.99. The van der Waals surface area contributed by atoms with Gasteiger partial charge < -0.3 is 10.1 Å². The van der Waals surface area contributed by atoms with Crippen LogP contribution in [0.3, 0.4) is 0 Å². The van der Waals surface area contributed by atoms with Crippen LogP contribution in [0.15, 0.2) is 24.3 Å². The Balaban J connectivity index is 2.65. The average molecular weight is 298 g/mol. The van der Waals surface area contributed by atoms with Gasteiger partial charge in [0, 0.05) is 11.9 Å². The number of ether oxygens (including phenoxy) is 1. The molecule has 1 rings (SSSR count). The molecule has 1 aromatic carbocycles. The Kier molecular flexibility index (Phi) is 6.34. The molecule has 3 nitrogen and oxygen atoms in total. The first-order valence-electron chi connectivity index (χ1n) is 6.85. The van der Waals surface area contributed by atoms with Gasteiger partial charge in [0.15, 0.2) is 0 Å². The fourth-order valence-corrected chi connectivity index (χ4v) is 2.26. The fourth-order valence-electron chi connectivity index (χ4n) is 2.04. The monoisotopic (exact) mass is 297 g/mol. The summed E-state index contributed by atoms with van der Waals surface area (Å²) in [7, 11) is 1.62. The summed E-state index contributed by atoms with van der Waals surface area (Å²) < 4.78 is 5.16. The molecule has 1 N–H and O–H groups in total. The number of nitrogens with one attached hydrogen (secondary N) is 1. The lowest BCUT2D eigenvalue weighted by Gasteiger charge is -2.31. The Morgan fingerprint density at radius 1 is 1.40 bits per heavy atom. The molecule has 112 valence electrons. The summed E-state index contributed by atoms with van der Waals surface area (Å²) in [6, 6.07) is 7.65. The van der Waals surface area contributed by atoms with Gasteiger partial charge in [0.2, 0.25) is 5.91 Å². The number of rotatable bonds is 6. The van der Waals surface area contributed by atoms with E-state index in [9.17, 15) is 4.79 Å². The highest BCUT2D eigenvalue weighted by Crippen LogP contribution is 2.22. The molecular formula is C16H24ClNO2. The number of hydrogen-bond acceptors (Lipinski definition) is 2. The van der Waals surface area contributed by atoms with Crippen molar-refractivity contribution in [1.82, 2.24) is 5.32 Å². The van der Waals surface area contributed by atoms with Crippen molar-refractivity contribution in [3.05, 3.63) is 29.8 Å². The van der Waals surface area contributed by atoms with Crippen LogP contribution in [0, 0.1) is 5.41 Å². The van der Waals surface area contributed by atoms with E-state index in [2.05, 4.69) is 26.1 Å². The number of methoxy groups -OCH3 is 1. The van der Waals surface area contributed by atoms with Crippen LogP contribution in [0.5, 0.6) is 5.75 Å². The van der Waals surface area contributed by atoms with Crippen molar-refractivity contribution >= 4 is 17.5 Å². The summed E-state index contributed by atoms with van der Waals surface area (Å²) in [5.41, 5.74) is 0.944. The number of benzene rings is 1. The van der Waals surface area contributed by atoms with Crippen molar-refractivity contribution in [3.8, 4) is 5.75 Å². The van der Waals surface area contributed by atoms with Gasteiger partial charge in [-0.05, 0) is 29.5 Å². The zero-order chi connectivity index (χ0) is 15.2. The average Bonchev–Trinajstić information content (AvgIpc) is 2.37. The zero-order valence-corrected chi connectivity index (χ0v) is 13.5. The van der Waals surface area contributed by atoms with Gasteiger partial charge in [-0.1, -0.05) is 32.9 Å². The van der Waals surface area contributed by atoms with Crippen molar-refractivity contribution < 1.29 is 9.53 Å². The van der Waals surface area contributed by atoms with E-state index in [-0.39, 0.29) is 17.4 Å². The van der Waals surface area contributed by atoms with Crippen LogP contribution in [0.1, 0.15) is 32.8 Å². The lowest BCUT2D eigenvalue weighted by atomic mass is 9.85. The van der Waals surface area contributed by atoms with Gasteiger partial charge in [-0.3, -0.25) is 4.79 Å². The minimum atomic E-state index is -0.00106. The predicted molar refractivity (Wildman–Crippen MR) is 83.4 cm³/mol. The minimum Gasteiger partial charge on any atom is -0.497 e. The predicted octanol–water partition coefficient (Wildman–Crippen LogP) is 3.40. The normalized spacial score (nSPS) is 12.8. The van der Waals surface area contributed by atoms with E-state index in [0.717, 1.165) is 17.7 Å². The Labute approximate surface area is 126 Å². The molecule has 0 radical (unpaired) electrons. The third-order valence-corrected chi connectivity index (χ3v) is 3.50. The molecule has 0 aliphatic heterocycles. The summed E-state index contributed by atoms with van der Waals surface area (Å²) in [6.45, 7) is 6.32. The molecule has 0 aromatic heterocycles. The van der Waals surface area contributed by atoms with Crippen molar-refractivity contribution in [2.24, 2.45) is 5.41 Å². The van der Waals surface area contributed by atoms with E-state index in [0.29, 0.717) is 12.3 Å². The highest BCUT2D eigenvalue weighted by Gasteiger charge is 2.25. The molecule has 20 heavy (non-hydrogen) atoms. The van der Waals surface area contributed by atoms with Crippen LogP contribution in [-0.4, -0.2) is 24.9 Å². The van der Waals surface area contributed by atoms with E-state index in [1.807, 2.05) is 24.3 Å². The second kappa shape index (κ2) is 7.53. The van der Waals surface area contributed by atoms with Crippen LogP contribution in [0.2, 0.25) is 0 Å². The van der Waals surface area contributed by atoms with Gasteiger partial charge in [-0.15, -0.1) is 11.6 Å².